The SMILES string of the molecule is CC(=O)NCCOCCOCCNC(=O)CCCCCNC(=O)OC(C)(C)C. The average molecular weight is 404 g/mol. The maximum absolute atomic E-state index is 11.7. The first-order chi connectivity index (χ1) is 13.2. The van der Waals surface area contributed by atoms with Crippen molar-refractivity contribution < 1.29 is 28.6 Å². The van der Waals surface area contributed by atoms with Gasteiger partial charge in [0, 0.05) is 33.0 Å². The van der Waals surface area contributed by atoms with E-state index in [2.05, 4.69) is 16.0 Å². The predicted molar refractivity (Wildman–Crippen MR) is 106 cm³/mol. The minimum Gasteiger partial charge on any atom is -0.444 e. The molecule has 0 rings (SSSR count). The summed E-state index contributed by atoms with van der Waals surface area (Å²) in [4.78, 5) is 33.8. The third kappa shape index (κ3) is 20.4. The lowest BCUT2D eigenvalue weighted by Crippen LogP contribution is -2.33. The molecule has 0 aromatic rings. The fourth-order valence-electron chi connectivity index (χ4n) is 2.06. The molecule has 0 aliphatic heterocycles. The highest BCUT2D eigenvalue weighted by Gasteiger charge is 2.15. The number of alkyl carbamates (subject to hydrolysis) is 1. The van der Waals surface area contributed by atoms with Crippen LogP contribution in [0.25, 0.3) is 0 Å². The van der Waals surface area contributed by atoms with Crippen molar-refractivity contribution in [2.75, 3.05) is 46.1 Å². The molecular weight excluding hydrogens is 366 g/mol. The molecule has 0 saturated carbocycles. The van der Waals surface area contributed by atoms with E-state index in [4.69, 9.17) is 14.2 Å². The zero-order valence-electron chi connectivity index (χ0n) is 17.7. The van der Waals surface area contributed by atoms with E-state index < -0.39 is 11.7 Å². The standard InChI is InChI=1S/C19H37N3O6/c1-16(23)20-10-12-26-14-15-27-13-11-21-17(24)8-6-5-7-9-22-18(25)28-19(2,3)4/h5-15H2,1-4H3,(H,20,23)(H,21,24)(H,22,25). The average Bonchev–Trinajstić information content (AvgIpc) is 2.57. The van der Waals surface area contributed by atoms with E-state index in [9.17, 15) is 14.4 Å². The molecule has 28 heavy (non-hydrogen) atoms. The van der Waals surface area contributed by atoms with Crippen molar-refractivity contribution in [3.63, 3.8) is 0 Å². The first-order valence-electron chi connectivity index (χ1n) is 9.84. The van der Waals surface area contributed by atoms with Crippen LogP contribution < -0.4 is 16.0 Å². The number of hydrogen-bond acceptors (Lipinski definition) is 6. The molecule has 3 N–H and O–H groups in total. The van der Waals surface area contributed by atoms with Crippen LogP contribution in [0.15, 0.2) is 0 Å². The second kappa shape index (κ2) is 16.1. The van der Waals surface area contributed by atoms with Crippen molar-refractivity contribution in [2.24, 2.45) is 0 Å². The van der Waals surface area contributed by atoms with Gasteiger partial charge < -0.3 is 30.2 Å². The van der Waals surface area contributed by atoms with Crippen molar-refractivity contribution in [1.29, 1.82) is 0 Å². The van der Waals surface area contributed by atoms with Gasteiger partial charge in [0.1, 0.15) is 5.60 Å². The van der Waals surface area contributed by atoms with Crippen LogP contribution in [0, 0.1) is 0 Å². The lowest BCUT2D eigenvalue weighted by Gasteiger charge is -2.19. The minimum atomic E-state index is -0.493. The van der Waals surface area contributed by atoms with Gasteiger partial charge in [-0.2, -0.15) is 0 Å². The Morgan fingerprint density at radius 1 is 0.750 bits per heavy atom. The van der Waals surface area contributed by atoms with Crippen LogP contribution in [0.2, 0.25) is 0 Å². The van der Waals surface area contributed by atoms with E-state index in [0.717, 1.165) is 19.3 Å². The molecular formula is C19H37N3O6. The molecule has 0 aromatic carbocycles. The third-order valence-electron chi connectivity index (χ3n) is 3.31. The molecule has 0 unspecified atom stereocenters. The molecule has 0 radical (unpaired) electrons. The molecule has 0 saturated heterocycles. The largest absolute Gasteiger partial charge is 0.444 e. The Kier molecular flexibility index (Phi) is 15.0. The van der Waals surface area contributed by atoms with Gasteiger partial charge in [0.2, 0.25) is 11.8 Å². The Labute approximate surface area is 168 Å². The lowest BCUT2D eigenvalue weighted by atomic mass is 10.2. The highest BCUT2D eigenvalue weighted by molar-refractivity contribution is 5.75. The van der Waals surface area contributed by atoms with E-state index in [0.29, 0.717) is 52.5 Å². The van der Waals surface area contributed by atoms with Gasteiger partial charge in [-0.3, -0.25) is 9.59 Å². The van der Waals surface area contributed by atoms with Crippen molar-refractivity contribution >= 4 is 17.9 Å². The highest BCUT2D eigenvalue weighted by Crippen LogP contribution is 2.06. The summed E-state index contributed by atoms with van der Waals surface area (Å²) in [5.74, 6) is -0.0803. The summed E-state index contributed by atoms with van der Waals surface area (Å²) in [7, 11) is 0. The molecule has 0 bridgehead atoms. The van der Waals surface area contributed by atoms with Crippen LogP contribution in [0.1, 0.15) is 53.4 Å². The molecule has 0 heterocycles. The molecule has 164 valence electrons. The quantitative estimate of drug-likeness (QED) is 0.356. The van der Waals surface area contributed by atoms with Gasteiger partial charge in [-0.25, -0.2) is 4.79 Å². The van der Waals surface area contributed by atoms with Gasteiger partial charge in [-0.1, -0.05) is 6.42 Å². The van der Waals surface area contributed by atoms with Crippen molar-refractivity contribution in [2.45, 2.75) is 59.0 Å². The normalized spacial score (nSPS) is 11.0. The van der Waals surface area contributed by atoms with Gasteiger partial charge in [-0.05, 0) is 33.6 Å². The summed E-state index contributed by atoms with van der Waals surface area (Å²) in [6.07, 6.45) is 2.47. The van der Waals surface area contributed by atoms with Gasteiger partial charge in [0.15, 0.2) is 0 Å². The van der Waals surface area contributed by atoms with Crippen LogP contribution in [-0.2, 0) is 23.8 Å². The molecule has 0 aromatic heterocycles. The fourth-order valence-corrected chi connectivity index (χ4v) is 2.06. The third-order valence-corrected chi connectivity index (χ3v) is 3.31. The van der Waals surface area contributed by atoms with Crippen LogP contribution in [0.4, 0.5) is 4.79 Å². The summed E-state index contributed by atoms with van der Waals surface area (Å²) >= 11 is 0. The van der Waals surface area contributed by atoms with Gasteiger partial charge in [0.25, 0.3) is 0 Å². The zero-order valence-corrected chi connectivity index (χ0v) is 17.7. The van der Waals surface area contributed by atoms with Crippen molar-refractivity contribution in [3.05, 3.63) is 0 Å². The van der Waals surface area contributed by atoms with E-state index in [1.807, 2.05) is 20.8 Å². The highest BCUT2D eigenvalue weighted by atomic mass is 16.6. The zero-order chi connectivity index (χ0) is 21.3. The molecule has 0 fully saturated rings. The fraction of sp³-hybridized carbons (Fsp3) is 0.842. The number of rotatable bonds is 15. The topological polar surface area (TPSA) is 115 Å². The number of carbonyl (C=O) groups is 3. The number of hydrogen-bond donors (Lipinski definition) is 3. The van der Waals surface area contributed by atoms with E-state index in [1.165, 1.54) is 6.92 Å². The smallest absolute Gasteiger partial charge is 0.407 e. The summed E-state index contributed by atoms with van der Waals surface area (Å²) < 4.78 is 15.8. The molecule has 3 amide bonds. The first kappa shape index (κ1) is 26.1. The summed E-state index contributed by atoms with van der Waals surface area (Å²) in [5, 5.41) is 8.13. The molecule has 0 atom stereocenters. The first-order valence-corrected chi connectivity index (χ1v) is 9.84. The van der Waals surface area contributed by atoms with Crippen LogP contribution in [0.5, 0.6) is 0 Å². The maximum atomic E-state index is 11.7. The van der Waals surface area contributed by atoms with E-state index >= 15 is 0 Å². The monoisotopic (exact) mass is 403 g/mol. The molecule has 9 heteroatoms. The summed E-state index contributed by atoms with van der Waals surface area (Å²) in [6, 6.07) is 0. The summed E-state index contributed by atoms with van der Waals surface area (Å²) in [6.45, 7) is 10.2. The van der Waals surface area contributed by atoms with Crippen LogP contribution in [0.3, 0.4) is 0 Å². The number of carbonyl (C=O) groups excluding carboxylic acids is 3. The van der Waals surface area contributed by atoms with Crippen LogP contribution in [-0.4, -0.2) is 69.6 Å². The van der Waals surface area contributed by atoms with Crippen molar-refractivity contribution in [3.8, 4) is 0 Å². The number of nitrogens with one attached hydrogen (secondary N) is 3. The number of ether oxygens (including phenoxy) is 3. The van der Waals surface area contributed by atoms with Gasteiger partial charge in [-0.15, -0.1) is 0 Å². The van der Waals surface area contributed by atoms with Crippen molar-refractivity contribution in [1.82, 2.24) is 16.0 Å². The Morgan fingerprint density at radius 2 is 1.36 bits per heavy atom. The summed E-state index contributed by atoms with van der Waals surface area (Å²) in [5.41, 5.74) is -0.493. The minimum absolute atomic E-state index is 0.00439. The number of unbranched alkanes of at least 4 members (excludes halogenated alkanes) is 2. The Hall–Kier alpha value is -1.87. The molecule has 0 aliphatic carbocycles. The second-order valence-electron chi connectivity index (χ2n) is 7.30. The molecule has 0 spiro atoms. The molecule has 0 aliphatic rings. The Morgan fingerprint density at radius 3 is 1.93 bits per heavy atom. The lowest BCUT2D eigenvalue weighted by molar-refractivity contribution is -0.121. The number of amides is 3. The predicted octanol–water partition coefficient (Wildman–Crippen LogP) is 1.36. The van der Waals surface area contributed by atoms with Gasteiger partial charge in [0.05, 0.1) is 26.4 Å². The second-order valence-corrected chi connectivity index (χ2v) is 7.30. The maximum Gasteiger partial charge on any atom is 0.407 e. The van der Waals surface area contributed by atoms with E-state index in [-0.39, 0.29) is 11.8 Å². The Bertz CT molecular complexity index is 451. The molecule has 9 nitrogen and oxygen atoms in total. The van der Waals surface area contributed by atoms with Gasteiger partial charge >= 0.3 is 6.09 Å². The Balaban J connectivity index is 3.34. The van der Waals surface area contributed by atoms with Crippen LogP contribution >= 0.6 is 0 Å². The van der Waals surface area contributed by atoms with E-state index in [1.54, 1.807) is 0 Å².